The van der Waals surface area contributed by atoms with Crippen molar-refractivity contribution < 1.29 is 15.3 Å². The predicted molar refractivity (Wildman–Crippen MR) is 116 cm³/mol. The van der Waals surface area contributed by atoms with Gasteiger partial charge in [-0.2, -0.15) is 0 Å². The van der Waals surface area contributed by atoms with Gasteiger partial charge in [-0.1, -0.05) is 54.4 Å². The van der Waals surface area contributed by atoms with E-state index in [9.17, 15) is 15.3 Å². The molecule has 27 heavy (non-hydrogen) atoms. The van der Waals surface area contributed by atoms with Gasteiger partial charge in [-0.3, -0.25) is 0 Å². The summed E-state index contributed by atoms with van der Waals surface area (Å²) in [7, 11) is 0. The molecule has 0 radical (unpaired) electrons. The Bertz CT molecular complexity index is 683. The first-order valence-corrected chi connectivity index (χ1v) is 10.9. The maximum atomic E-state index is 10.8. The minimum Gasteiger partial charge on any atom is -0.507 e. The van der Waals surface area contributed by atoms with E-state index in [4.69, 9.17) is 0 Å². The third kappa shape index (κ3) is 5.17. The maximum Gasteiger partial charge on any atom is 0.123 e. The second-order valence-corrected chi connectivity index (χ2v) is 9.25. The number of alkyl halides is 1. The molecule has 0 amide bonds. The standard InChI is InChI=1S/C23H33BrO3/c1-15(2)18-8-7-16(14-25)11-19(18)22-20(26)12-17(13-21(22)27)23(3,4)9-5-6-10-24/h11-13,18-19,25-27H,1,5-10,14H2,2-4H3/t18-,19+/m1/s1. The number of halogens is 1. The Balaban J connectivity index is 2.42. The van der Waals surface area contributed by atoms with E-state index in [1.54, 1.807) is 12.1 Å². The molecule has 0 bridgehead atoms. The number of benzene rings is 1. The van der Waals surface area contributed by atoms with Crippen molar-refractivity contribution in [1.82, 2.24) is 0 Å². The monoisotopic (exact) mass is 436 g/mol. The summed E-state index contributed by atoms with van der Waals surface area (Å²) < 4.78 is 0. The van der Waals surface area contributed by atoms with Crippen LogP contribution in [0.1, 0.15) is 69.9 Å². The Morgan fingerprint density at radius 3 is 2.37 bits per heavy atom. The van der Waals surface area contributed by atoms with E-state index in [1.807, 2.05) is 13.0 Å². The molecule has 0 spiro atoms. The molecule has 4 heteroatoms. The van der Waals surface area contributed by atoms with Crippen molar-refractivity contribution in [2.45, 2.75) is 64.2 Å². The van der Waals surface area contributed by atoms with Gasteiger partial charge in [0, 0.05) is 16.8 Å². The minimum atomic E-state index is -0.163. The number of aromatic hydroxyl groups is 2. The van der Waals surface area contributed by atoms with Gasteiger partial charge in [0.25, 0.3) is 0 Å². The van der Waals surface area contributed by atoms with Crippen LogP contribution in [0.15, 0.2) is 35.9 Å². The van der Waals surface area contributed by atoms with E-state index in [0.717, 1.165) is 54.1 Å². The van der Waals surface area contributed by atoms with Gasteiger partial charge in [0.2, 0.25) is 0 Å². The lowest BCUT2D eigenvalue weighted by molar-refractivity contribution is 0.314. The van der Waals surface area contributed by atoms with Crippen molar-refractivity contribution in [1.29, 1.82) is 0 Å². The Morgan fingerprint density at radius 1 is 1.22 bits per heavy atom. The van der Waals surface area contributed by atoms with Crippen LogP contribution in [0.2, 0.25) is 0 Å². The zero-order valence-corrected chi connectivity index (χ0v) is 18.3. The molecule has 0 fully saturated rings. The molecule has 0 heterocycles. The average Bonchev–Trinajstić information content (AvgIpc) is 2.60. The average molecular weight is 437 g/mol. The highest BCUT2D eigenvalue weighted by Gasteiger charge is 2.32. The SMILES string of the molecule is C=C(C)[C@H]1CCC(CO)=C[C@@H]1c1c(O)cc(C(C)(C)CCCCBr)cc1O. The third-order valence-electron chi connectivity index (χ3n) is 5.90. The summed E-state index contributed by atoms with van der Waals surface area (Å²) >= 11 is 3.47. The Labute approximate surface area is 172 Å². The fraction of sp³-hybridized carbons (Fsp3) is 0.565. The summed E-state index contributed by atoms with van der Waals surface area (Å²) in [6.45, 7) is 10.4. The fourth-order valence-electron chi connectivity index (χ4n) is 4.10. The normalized spacial score (nSPS) is 20.4. The largest absolute Gasteiger partial charge is 0.507 e. The van der Waals surface area contributed by atoms with Gasteiger partial charge in [-0.25, -0.2) is 0 Å². The Hall–Kier alpha value is -1.26. The highest BCUT2D eigenvalue weighted by Crippen LogP contribution is 2.47. The smallest absolute Gasteiger partial charge is 0.123 e. The first kappa shape index (κ1) is 22.0. The lowest BCUT2D eigenvalue weighted by Crippen LogP contribution is -2.20. The van der Waals surface area contributed by atoms with Crippen molar-refractivity contribution in [2.75, 3.05) is 11.9 Å². The van der Waals surface area contributed by atoms with Gasteiger partial charge in [0.1, 0.15) is 11.5 Å². The summed E-state index contributed by atoms with van der Waals surface area (Å²) in [6, 6.07) is 3.61. The van der Waals surface area contributed by atoms with Crippen molar-refractivity contribution in [3.05, 3.63) is 47.1 Å². The zero-order valence-electron chi connectivity index (χ0n) is 16.8. The molecule has 1 aromatic carbocycles. The van der Waals surface area contributed by atoms with Crippen LogP contribution in [0.4, 0.5) is 0 Å². The Morgan fingerprint density at radius 2 is 1.85 bits per heavy atom. The Kier molecular flexibility index (Phi) is 7.58. The van der Waals surface area contributed by atoms with Gasteiger partial charge in [-0.15, -0.1) is 0 Å². The van der Waals surface area contributed by atoms with Crippen LogP contribution < -0.4 is 0 Å². The van der Waals surface area contributed by atoms with E-state index in [1.165, 1.54) is 0 Å². The molecule has 0 saturated carbocycles. The number of allylic oxidation sites excluding steroid dienone is 2. The van der Waals surface area contributed by atoms with Crippen LogP contribution in [-0.2, 0) is 5.41 Å². The number of hydrogen-bond donors (Lipinski definition) is 3. The van der Waals surface area contributed by atoms with Crippen molar-refractivity contribution in [3.8, 4) is 11.5 Å². The molecule has 0 saturated heterocycles. The number of phenols is 2. The summed E-state index contributed by atoms with van der Waals surface area (Å²) in [4.78, 5) is 0. The topological polar surface area (TPSA) is 60.7 Å². The van der Waals surface area contributed by atoms with Crippen LogP contribution in [0.3, 0.4) is 0 Å². The van der Waals surface area contributed by atoms with Gasteiger partial charge in [0.15, 0.2) is 0 Å². The number of rotatable bonds is 8. The summed E-state index contributed by atoms with van der Waals surface area (Å²) in [5.74, 6) is 0.245. The minimum absolute atomic E-state index is 0.0135. The van der Waals surface area contributed by atoms with E-state index in [2.05, 4.69) is 36.4 Å². The summed E-state index contributed by atoms with van der Waals surface area (Å²) in [6.07, 6.45) is 6.87. The molecule has 1 aromatic rings. The second kappa shape index (κ2) is 9.29. The van der Waals surface area contributed by atoms with Crippen molar-refractivity contribution in [2.24, 2.45) is 5.92 Å². The van der Waals surface area contributed by atoms with E-state index in [-0.39, 0.29) is 35.4 Å². The predicted octanol–water partition coefficient (Wildman–Crippen LogP) is 5.93. The van der Waals surface area contributed by atoms with Gasteiger partial charge in [-0.05, 0) is 67.2 Å². The molecule has 0 aliphatic heterocycles. The van der Waals surface area contributed by atoms with Crippen LogP contribution in [0.25, 0.3) is 0 Å². The van der Waals surface area contributed by atoms with Crippen LogP contribution in [0.5, 0.6) is 11.5 Å². The van der Waals surface area contributed by atoms with Crippen LogP contribution in [0, 0.1) is 5.92 Å². The molecular weight excluding hydrogens is 404 g/mol. The van der Waals surface area contributed by atoms with Crippen LogP contribution >= 0.6 is 15.9 Å². The number of phenolic OH excluding ortho intramolecular Hbond substituents is 2. The quantitative estimate of drug-likeness (QED) is 0.268. The highest BCUT2D eigenvalue weighted by molar-refractivity contribution is 9.09. The number of aliphatic hydroxyl groups is 1. The molecule has 3 nitrogen and oxygen atoms in total. The molecule has 0 unspecified atom stereocenters. The number of aliphatic hydroxyl groups excluding tert-OH is 1. The number of unbranched alkanes of at least 4 members (excludes halogenated alkanes) is 1. The molecule has 0 aromatic heterocycles. The molecule has 1 aliphatic rings. The lowest BCUT2D eigenvalue weighted by Gasteiger charge is -2.33. The third-order valence-corrected chi connectivity index (χ3v) is 6.46. The summed E-state index contributed by atoms with van der Waals surface area (Å²) in [5.41, 5.74) is 3.36. The van der Waals surface area contributed by atoms with E-state index >= 15 is 0 Å². The van der Waals surface area contributed by atoms with Gasteiger partial charge < -0.3 is 15.3 Å². The molecule has 150 valence electrons. The highest BCUT2D eigenvalue weighted by atomic mass is 79.9. The van der Waals surface area contributed by atoms with E-state index in [0.29, 0.717) is 5.56 Å². The number of hydrogen-bond acceptors (Lipinski definition) is 3. The molecule has 2 rings (SSSR count). The van der Waals surface area contributed by atoms with E-state index < -0.39 is 0 Å². The summed E-state index contributed by atoms with van der Waals surface area (Å²) in [5, 5.41) is 32.2. The maximum absolute atomic E-state index is 10.8. The molecule has 1 aliphatic carbocycles. The van der Waals surface area contributed by atoms with Crippen LogP contribution in [-0.4, -0.2) is 27.3 Å². The molecule has 2 atom stereocenters. The van der Waals surface area contributed by atoms with Crippen molar-refractivity contribution >= 4 is 15.9 Å². The lowest BCUT2D eigenvalue weighted by atomic mass is 9.72. The first-order chi connectivity index (χ1) is 12.7. The first-order valence-electron chi connectivity index (χ1n) is 9.79. The van der Waals surface area contributed by atoms with Gasteiger partial charge >= 0.3 is 0 Å². The fourth-order valence-corrected chi connectivity index (χ4v) is 4.50. The molecule has 3 N–H and O–H groups in total. The van der Waals surface area contributed by atoms with Crippen molar-refractivity contribution in [3.63, 3.8) is 0 Å². The second-order valence-electron chi connectivity index (χ2n) is 8.46. The molecular formula is C23H33BrO3. The zero-order chi connectivity index (χ0) is 20.2. The van der Waals surface area contributed by atoms with Gasteiger partial charge in [0.05, 0.1) is 6.61 Å².